The fraction of sp³-hybridized carbons (Fsp3) is 0.417. The molecule has 31 heavy (non-hydrogen) atoms. The smallest absolute Gasteiger partial charge is 0.240 e. The first-order chi connectivity index (χ1) is 15.0. The summed E-state index contributed by atoms with van der Waals surface area (Å²) < 4.78 is 13.3. The predicted molar refractivity (Wildman–Crippen MR) is 123 cm³/mol. The summed E-state index contributed by atoms with van der Waals surface area (Å²) in [6, 6.07) is 13.8. The number of rotatable bonds is 11. The highest BCUT2D eigenvalue weighted by Crippen LogP contribution is 2.28. The predicted octanol–water partition coefficient (Wildman–Crippen LogP) is 3.25. The molecule has 1 heterocycles. The van der Waals surface area contributed by atoms with E-state index in [-0.39, 0.29) is 12.5 Å². The second kappa shape index (κ2) is 10.8. The zero-order valence-corrected chi connectivity index (χ0v) is 18.9. The molecule has 2 aromatic carbocycles. The number of hydrogen-bond acceptors (Lipinski definition) is 5. The molecule has 0 saturated heterocycles. The van der Waals surface area contributed by atoms with Crippen LogP contribution >= 0.6 is 0 Å². The van der Waals surface area contributed by atoms with Gasteiger partial charge in [-0.2, -0.15) is 0 Å². The van der Waals surface area contributed by atoms with Crippen LogP contribution in [0.25, 0.3) is 11.0 Å². The number of hydrogen-bond donors (Lipinski definition) is 1. The van der Waals surface area contributed by atoms with Crippen molar-refractivity contribution < 1.29 is 14.3 Å². The van der Waals surface area contributed by atoms with Crippen LogP contribution in [0.15, 0.2) is 42.5 Å². The summed E-state index contributed by atoms with van der Waals surface area (Å²) in [6.07, 6.45) is 0.716. The van der Waals surface area contributed by atoms with Crippen molar-refractivity contribution in [2.45, 2.75) is 33.4 Å². The first-order valence-electron chi connectivity index (χ1n) is 10.8. The third-order valence-corrected chi connectivity index (χ3v) is 4.84. The van der Waals surface area contributed by atoms with Crippen molar-refractivity contribution in [1.82, 2.24) is 19.8 Å². The molecule has 1 N–H and O–H groups in total. The Balaban J connectivity index is 1.63. The Morgan fingerprint density at radius 3 is 2.55 bits per heavy atom. The molecule has 0 fully saturated rings. The quantitative estimate of drug-likeness (QED) is 0.512. The normalized spacial score (nSPS) is 11.1. The summed E-state index contributed by atoms with van der Waals surface area (Å²) in [7, 11) is 3.99. The monoisotopic (exact) mass is 424 g/mol. The van der Waals surface area contributed by atoms with Crippen molar-refractivity contribution >= 4 is 16.9 Å². The number of aromatic nitrogens is 2. The highest BCUT2D eigenvalue weighted by atomic mass is 16.5. The SMILES string of the molecule is CCOc1ccc(CCNC(=O)Cn2c(CN(C)C)nc3ccccc32)cc1OCC. The summed E-state index contributed by atoms with van der Waals surface area (Å²) in [5.41, 5.74) is 2.97. The molecule has 0 aliphatic rings. The number of benzene rings is 2. The van der Waals surface area contributed by atoms with E-state index in [4.69, 9.17) is 14.5 Å². The van der Waals surface area contributed by atoms with Gasteiger partial charge in [-0.3, -0.25) is 4.79 Å². The van der Waals surface area contributed by atoms with Gasteiger partial charge in [0.2, 0.25) is 5.91 Å². The molecular weight excluding hydrogens is 392 g/mol. The Hall–Kier alpha value is -3.06. The molecule has 0 radical (unpaired) electrons. The number of nitrogens with zero attached hydrogens (tertiary/aromatic N) is 3. The molecule has 0 atom stereocenters. The van der Waals surface area contributed by atoms with Crippen molar-refractivity contribution in [3.8, 4) is 11.5 Å². The van der Waals surface area contributed by atoms with Gasteiger partial charge < -0.3 is 24.3 Å². The number of carbonyl (C=O) groups excluding carboxylic acids is 1. The average molecular weight is 425 g/mol. The van der Waals surface area contributed by atoms with Gasteiger partial charge in [0.1, 0.15) is 12.4 Å². The molecule has 0 spiro atoms. The van der Waals surface area contributed by atoms with Gasteiger partial charge in [0, 0.05) is 6.54 Å². The highest BCUT2D eigenvalue weighted by molar-refractivity contribution is 5.81. The van der Waals surface area contributed by atoms with Crippen LogP contribution in [0.5, 0.6) is 11.5 Å². The van der Waals surface area contributed by atoms with Crippen LogP contribution in [0, 0.1) is 0 Å². The lowest BCUT2D eigenvalue weighted by Gasteiger charge is -2.14. The standard InChI is InChI=1S/C24H32N4O3/c1-5-30-21-12-11-18(15-22(21)31-6-2)13-14-25-24(29)17-28-20-10-8-7-9-19(20)26-23(28)16-27(3)4/h7-12,15H,5-6,13-14,16-17H2,1-4H3,(H,25,29). The molecule has 1 amide bonds. The first kappa shape index (κ1) is 22.6. The molecule has 166 valence electrons. The lowest BCUT2D eigenvalue weighted by molar-refractivity contribution is -0.121. The van der Waals surface area contributed by atoms with E-state index < -0.39 is 0 Å². The lowest BCUT2D eigenvalue weighted by Crippen LogP contribution is -2.30. The van der Waals surface area contributed by atoms with Crippen molar-refractivity contribution in [1.29, 1.82) is 0 Å². The number of ether oxygens (including phenoxy) is 2. The van der Waals surface area contributed by atoms with Crippen molar-refractivity contribution in [3.63, 3.8) is 0 Å². The fourth-order valence-electron chi connectivity index (χ4n) is 3.50. The minimum Gasteiger partial charge on any atom is -0.490 e. The maximum absolute atomic E-state index is 12.7. The third-order valence-electron chi connectivity index (χ3n) is 4.84. The minimum atomic E-state index is -0.0286. The van der Waals surface area contributed by atoms with Gasteiger partial charge in [0.15, 0.2) is 11.5 Å². The average Bonchev–Trinajstić information content (AvgIpc) is 3.06. The number of fused-ring (bicyclic) bond motifs is 1. The van der Waals surface area contributed by atoms with Crippen LogP contribution in [0.1, 0.15) is 25.2 Å². The van der Waals surface area contributed by atoms with Gasteiger partial charge in [-0.15, -0.1) is 0 Å². The zero-order valence-electron chi connectivity index (χ0n) is 18.9. The molecule has 7 heteroatoms. The Labute approximate surface area is 184 Å². The van der Waals surface area contributed by atoms with Crippen molar-refractivity contribution in [3.05, 3.63) is 53.9 Å². The van der Waals surface area contributed by atoms with Gasteiger partial charge in [-0.25, -0.2) is 4.98 Å². The molecule has 0 aliphatic carbocycles. The molecule has 3 aromatic rings. The van der Waals surface area contributed by atoms with Crippen LogP contribution in [0.3, 0.4) is 0 Å². The first-order valence-corrected chi connectivity index (χ1v) is 10.8. The third kappa shape index (κ3) is 5.98. The maximum Gasteiger partial charge on any atom is 0.240 e. The van der Waals surface area contributed by atoms with Crippen LogP contribution in [-0.2, 0) is 24.3 Å². The van der Waals surface area contributed by atoms with Crippen LogP contribution in [-0.4, -0.2) is 54.2 Å². The summed E-state index contributed by atoms with van der Waals surface area (Å²) >= 11 is 0. The molecule has 0 bridgehead atoms. The van der Waals surface area contributed by atoms with Gasteiger partial charge >= 0.3 is 0 Å². The van der Waals surface area contributed by atoms with Gasteiger partial charge in [-0.05, 0) is 64.2 Å². The summed E-state index contributed by atoms with van der Waals surface area (Å²) in [5, 5.41) is 3.03. The second-order valence-electron chi connectivity index (χ2n) is 7.59. The second-order valence-corrected chi connectivity index (χ2v) is 7.59. The molecule has 1 aromatic heterocycles. The topological polar surface area (TPSA) is 68.6 Å². The molecule has 0 aliphatic heterocycles. The van der Waals surface area contributed by atoms with E-state index in [0.29, 0.717) is 32.7 Å². The fourth-order valence-corrected chi connectivity index (χ4v) is 3.50. The number of para-hydroxylation sites is 2. The maximum atomic E-state index is 12.7. The van der Waals surface area contributed by atoms with E-state index in [1.54, 1.807) is 0 Å². The molecular formula is C24H32N4O3. The van der Waals surface area contributed by atoms with Gasteiger partial charge in [0.05, 0.1) is 30.8 Å². The number of nitrogens with one attached hydrogen (secondary N) is 1. The Kier molecular flexibility index (Phi) is 7.89. The van der Waals surface area contributed by atoms with Crippen LogP contribution in [0.2, 0.25) is 0 Å². The van der Waals surface area contributed by atoms with E-state index in [9.17, 15) is 4.79 Å². The Morgan fingerprint density at radius 1 is 1.06 bits per heavy atom. The van der Waals surface area contributed by atoms with E-state index in [2.05, 4.69) is 10.2 Å². The summed E-state index contributed by atoms with van der Waals surface area (Å²) in [4.78, 5) is 19.4. The van der Waals surface area contributed by atoms with Crippen molar-refractivity contribution in [2.24, 2.45) is 0 Å². The Morgan fingerprint density at radius 2 is 1.81 bits per heavy atom. The van der Waals surface area contributed by atoms with Gasteiger partial charge in [0.25, 0.3) is 0 Å². The van der Waals surface area contributed by atoms with E-state index in [0.717, 1.165) is 33.9 Å². The molecule has 0 unspecified atom stereocenters. The Bertz CT molecular complexity index is 1010. The number of amides is 1. The van der Waals surface area contributed by atoms with E-state index in [1.807, 2.05) is 75.0 Å². The van der Waals surface area contributed by atoms with Crippen molar-refractivity contribution in [2.75, 3.05) is 33.9 Å². The summed E-state index contributed by atoms with van der Waals surface area (Å²) in [6.45, 7) is 6.54. The largest absolute Gasteiger partial charge is 0.490 e. The van der Waals surface area contributed by atoms with Crippen LogP contribution < -0.4 is 14.8 Å². The number of carbonyl (C=O) groups is 1. The zero-order chi connectivity index (χ0) is 22.2. The highest BCUT2D eigenvalue weighted by Gasteiger charge is 2.14. The number of imidazole rings is 1. The lowest BCUT2D eigenvalue weighted by atomic mass is 10.1. The van der Waals surface area contributed by atoms with Gasteiger partial charge in [-0.1, -0.05) is 18.2 Å². The van der Waals surface area contributed by atoms with Crippen LogP contribution in [0.4, 0.5) is 0 Å². The van der Waals surface area contributed by atoms with E-state index >= 15 is 0 Å². The molecule has 3 rings (SSSR count). The minimum absolute atomic E-state index is 0.0286. The molecule has 7 nitrogen and oxygen atoms in total. The summed E-state index contributed by atoms with van der Waals surface area (Å²) in [5.74, 6) is 2.34. The molecule has 0 saturated carbocycles. The van der Waals surface area contributed by atoms with E-state index in [1.165, 1.54) is 0 Å².